The van der Waals surface area contributed by atoms with Crippen LogP contribution in [0.1, 0.15) is 26.0 Å². The predicted octanol–water partition coefficient (Wildman–Crippen LogP) is 2.68. The fourth-order valence-electron chi connectivity index (χ4n) is 2.97. The standard InChI is InChI=1S/C20H26N4O3S/c1-3-4-16-13-18(25)23-20(22-16)28-14(2)19(26)21-15-5-7-17(8-6-15)24-9-11-27-12-10-24/h5-8,13-14H,3-4,9-12H2,1-2H3,(H,21,26)(H,22,23,25)/t14-/m0/s1. The van der Waals surface area contributed by atoms with Crippen molar-refractivity contribution in [3.8, 4) is 0 Å². The first kappa shape index (κ1) is 20.4. The summed E-state index contributed by atoms with van der Waals surface area (Å²) >= 11 is 1.25. The number of aromatic amines is 1. The fraction of sp³-hybridized carbons (Fsp3) is 0.450. The number of amides is 1. The van der Waals surface area contributed by atoms with E-state index in [9.17, 15) is 9.59 Å². The summed E-state index contributed by atoms with van der Waals surface area (Å²) in [6.07, 6.45) is 1.66. The predicted molar refractivity (Wildman–Crippen MR) is 112 cm³/mol. The first-order valence-electron chi connectivity index (χ1n) is 9.55. The fourth-order valence-corrected chi connectivity index (χ4v) is 3.80. The second kappa shape index (κ2) is 9.75. The smallest absolute Gasteiger partial charge is 0.251 e. The Morgan fingerprint density at radius 3 is 2.71 bits per heavy atom. The molecule has 0 unspecified atom stereocenters. The molecule has 0 saturated carbocycles. The molecule has 3 rings (SSSR count). The van der Waals surface area contributed by atoms with Gasteiger partial charge >= 0.3 is 0 Å². The van der Waals surface area contributed by atoms with Gasteiger partial charge in [-0.2, -0.15) is 0 Å². The van der Waals surface area contributed by atoms with Crippen LogP contribution in [0, 0.1) is 0 Å². The van der Waals surface area contributed by atoms with Crippen molar-refractivity contribution < 1.29 is 9.53 Å². The van der Waals surface area contributed by atoms with Gasteiger partial charge in [0.15, 0.2) is 5.16 Å². The van der Waals surface area contributed by atoms with Gasteiger partial charge in [-0.25, -0.2) is 4.98 Å². The summed E-state index contributed by atoms with van der Waals surface area (Å²) in [5, 5.41) is 3.01. The van der Waals surface area contributed by atoms with E-state index in [0.29, 0.717) is 5.16 Å². The van der Waals surface area contributed by atoms with Crippen LogP contribution in [0.2, 0.25) is 0 Å². The molecule has 2 N–H and O–H groups in total. The maximum atomic E-state index is 12.5. The van der Waals surface area contributed by atoms with Crippen LogP contribution in [0.15, 0.2) is 40.3 Å². The number of carbonyl (C=O) groups excluding carboxylic acids is 1. The zero-order valence-corrected chi connectivity index (χ0v) is 17.1. The molecule has 1 aromatic heterocycles. The van der Waals surface area contributed by atoms with Crippen molar-refractivity contribution in [2.75, 3.05) is 36.5 Å². The Hall–Kier alpha value is -2.32. The summed E-state index contributed by atoms with van der Waals surface area (Å²) in [5.41, 5.74) is 2.43. The van der Waals surface area contributed by atoms with E-state index < -0.39 is 0 Å². The summed E-state index contributed by atoms with van der Waals surface area (Å²) in [5.74, 6) is -0.132. The maximum Gasteiger partial charge on any atom is 0.251 e. The number of rotatable bonds is 7. The van der Waals surface area contributed by atoms with Crippen molar-refractivity contribution >= 4 is 29.0 Å². The number of aryl methyl sites for hydroxylation is 1. The highest BCUT2D eigenvalue weighted by Gasteiger charge is 2.17. The number of morpholine rings is 1. The topological polar surface area (TPSA) is 87.3 Å². The van der Waals surface area contributed by atoms with Gasteiger partial charge in [-0.1, -0.05) is 25.1 Å². The number of aromatic nitrogens is 2. The minimum absolute atomic E-state index is 0.132. The van der Waals surface area contributed by atoms with E-state index in [1.54, 1.807) is 6.92 Å². The number of carbonyl (C=O) groups is 1. The summed E-state index contributed by atoms with van der Waals surface area (Å²) < 4.78 is 5.37. The van der Waals surface area contributed by atoms with Crippen LogP contribution in [0.5, 0.6) is 0 Å². The van der Waals surface area contributed by atoms with Crippen LogP contribution in [0.4, 0.5) is 11.4 Å². The maximum absolute atomic E-state index is 12.5. The summed E-state index contributed by atoms with van der Waals surface area (Å²) in [7, 11) is 0. The molecule has 1 saturated heterocycles. The molecule has 0 radical (unpaired) electrons. The summed E-state index contributed by atoms with van der Waals surface area (Å²) in [4.78, 5) is 33.7. The van der Waals surface area contributed by atoms with Crippen molar-refractivity contribution in [3.05, 3.63) is 46.4 Å². The lowest BCUT2D eigenvalue weighted by Gasteiger charge is -2.28. The Labute approximate surface area is 168 Å². The number of H-pyrrole nitrogens is 1. The SMILES string of the molecule is CCCc1cc(=O)[nH]c(S[C@@H](C)C(=O)Nc2ccc(N3CCOCC3)cc2)n1. The number of anilines is 2. The van der Waals surface area contributed by atoms with Gasteiger partial charge in [0.25, 0.3) is 5.56 Å². The second-order valence-corrected chi connectivity index (χ2v) is 8.02. The third-order valence-corrected chi connectivity index (χ3v) is 5.43. The van der Waals surface area contributed by atoms with Gasteiger partial charge in [0.1, 0.15) is 0 Å². The Morgan fingerprint density at radius 2 is 2.04 bits per heavy atom. The van der Waals surface area contributed by atoms with Gasteiger partial charge < -0.3 is 19.9 Å². The zero-order valence-electron chi connectivity index (χ0n) is 16.2. The number of nitrogens with one attached hydrogen (secondary N) is 2. The Bertz CT molecular complexity index is 847. The number of benzene rings is 1. The Morgan fingerprint density at radius 1 is 1.32 bits per heavy atom. The van der Waals surface area contributed by atoms with E-state index in [4.69, 9.17) is 4.74 Å². The molecule has 0 aliphatic carbocycles. The van der Waals surface area contributed by atoms with E-state index in [2.05, 4.69) is 20.2 Å². The molecule has 1 amide bonds. The molecule has 0 bridgehead atoms. The van der Waals surface area contributed by atoms with Gasteiger partial charge in [0, 0.05) is 36.2 Å². The third kappa shape index (κ3) is 5.59. The lowest BCUT2D eigenvalue weighted by atomic mass is 10.2. The number of nitrogens with zero attached hydrogens (tertiary/aromatic N) is 2. The van der Waals surface area contributed by atoms with Crippen molar-refractivity contribution in [3.63, 3.8) is 0 Å². The molecule has 0 spiro atoms. The molecule has 2 aromatic rings. The number of ether oxygens (including phenoxy) is 1. The normalized spacial score (nSPS) is 15.3. The Kier molecular flexibility index (Phi) is 7.11. The van der Waals surface area contributed by atoms with Gasteiger partial charge in [-0.05, 0) is 37.6 Å². The monoisotopic (exact) mass is 402 g/mol. The van der Waals surface area contributed by atoms with Gasteiger partial charge in [-0.3, -0.25) is 9.59 Å². The molecule has 1 fully saturated rings. The van der Waals surface area contributed by atoms with Crippen molar-refractivity contribution in [1.82, 2.24) is 9.97 Å². The lowest BCUT2D eigenvalue weighted by Crippen LogP contribution is -2.36. The zero-order chi connectivity index (χ0) is 19.9. The van der Waals surface area contributed by atoms with E-state index in [1.165, 1.54) is 17.8 Å². The van der Waals surface area contributed by atoms with E-state index in [-0.39, 0.29) is 16.7 Å². The first-order valence-corrected chi connectivity index (χ1v) is 10.4. The molecule has 7 nitrogen and oxygen atoms in total. The lowest BCUT2D eigenvalue weighted by molar-refractivity contribution is -0.115. The minimum atomic E-state index is -0.390. The third-order valence-electron chi connectivity index (χ3n) is 4.45. The molecule has 8 heteroatoms. The second-order valence-electron chi connectivity index (χ2n) is 6.69. The quantitative estimate of drug-likeness (QED) is 0.547. The molecule has 2 heterocycles. The molecular formula is C20H26N4O3S. The molecule has 1 aliphatic rings. The van der Waals surface area contributed by atoms with Crippen LogP contribution in [0.25, 0.3) is 0 Å². The van der Waals surface area contributed by atoms with Crippen LogP contribution in [-0.2, 0) is 16.0 Å². The first-order chi connectivity index (χ1) is 13.5. The van der Waals surface area contributed by atoms with Crippen LogP contribution in [0.3, 0.4) is 0 Å². The molecule has 1 aromatic carbocycles. The number of thioether (sulfide) groups is 1. The largest absolute Gasteiger partial charge is 0.378 e. The minimum Gasteiger partial charge on any atom is -0.378 e. The number of hydrogen-bond donors (Lipinski definition) is 2. The van der Waals surface area contributed by atoms with E-state index in [0.717, 1.165) is 56.2 Å². The molecule has 1 aliphatic heterocycles. The highest BCUT2D eigenvalue weighted by Crippen LogP contribution is 2.22. The van der Waals surface area contributed by atoms with Crippen molar-refractivity contribution in [1.29, 1.82) is 0 Å². The van der Waals surface area contributed by atoms with Gasteiger partial charge in [-0.15, -0.1) is 0 Å². The van der Waals surface area contributed by atoms with Crippen molar-refractivity contribution in [2.45, 2.75) is 37.1 Å². The van der Waals surface area contributed by atoms with E-state index >= 15 is 0 Å². The average Bonchev–Trinajstić information content (AvgIpc) is 2.69. The van der Waals surface area contributed by atoms with E-state index in [1.807, 2.05) is 31.2 Å². The molecule has 28 heavy (non-hydrogen) atoms. The van der Waals surface area contributed by atoms with Crippen LogP contribution >= 0.6 is 11.8 Å². The summed E-state index contributed by atoms with van der Waals surface area (Å²) in [6, 6.07) is 9.33. The van der Waals surface area contributed by atoms with Gasteiger partial charge in [0.05, 0.1) is 18.5 Å². The molecular weight excluding hydrogens is 376 g/mol. The van der Waals surface area contributed by atoms with Crippen molar-refractivity contribution in [2.24, 2.45) is 0 Å². The molecule has 150 valence electrons. The average molecular weight is 403 g/mol. The molecule has 1 atom stereocenters. The highest BCUT2D eigenvalue weighted by atomic mass is 32.2. The van der Waals surface area contributed by atoms with Gasteiger partial charge in [0.2, 0.25) is 5.91 Å². The summed E-state index contributed by atoms with van der Waals surface area (Å²) in [6.45, 7) is 7.07. The number of hydrogen-bond acceptors (Lipinski definition) is 6. The Balaban J connectivity index is 1.58. The van der Waals surface area contributed by atoms with Crippen LogP contribution in [-0.4, -0.2) is 47.4 Å². The van der Waals surface area contributed by atoms with Crippen LogP contribution < -0.4 is 15.8 Å². The highest BCUT2D eigenvalue weighted by molar-refractivity contribution is 8.00.